The van der Waals surface area contributed by atoms with Gasteiger partial charge in [0.2, 0.25) is 0 Å². The van der Waals surface area contributed by atoms with E-state index in [0.29, 0.717) is 6.54 Å². The summed E-state index contributed by atoms with van der Waals surface area (Å²) in [5.74, 6) is 0. The largest absolute Gasteiger partial charge is 0.444 e. The van der Waals surface area contributed by atoms with Gasteiger partial charge in [0, 0.05) is 13.1 Å². The summed E-state index contributed by atoms with van der Waals surface area (Å²) < 4.78 is 5.43. The Hall–Kier alpha value is -1.55. The molecule has 2 saturated heterocycles. The van der Waals surface area contributed by atoms with Crippen LogP contribution in [0.1, 0.15) is 17.5 Å². The van der Waals surface area contributed by atoms with Crippen molar-refractivity contribution in [2.45, 2.75) is 32.0 Å². The minimum absolute atomic E-state index is 0.0727. The van der Waals surface area contributed by atoms with Crippen molar-refractivity contribution in [3.05, 3.63) is 35.4 Å². The molecule has 1 amide bonds. The van der Waals surface area contributed by atoms with Crippen LogP contribution in [0.3, 0.4) is 0 Å². The van der Waals surface area contributed by atoms with E-state index in [9.17, 15) is 4.79 Å². The molecule has 0 radical (unpaired) electrons. The Bertz CT molecular complexity index is 461. The summed E-state index contributed by atoms with van der Waals surface area (Å²) in [6.07, 6.45) is 0.819. The van der Waals surface area contributed by atoms with Crippen LogP contribution in [-0.4, -0.2) is 36.2 Å². The Morgan fingerprint density at radius 1 is 1.50 bits per heavy atom. The molecule has 0 bridgehead atoms. The van der Waals surface area contributed by atoms with Crippen molar-refractivity contribution in [1.82, 2.24) is 10.2 Å². The highest BCUT2D eigenvalue weighted by Gasteiger charge is 2.42. The minimum Gasteiger partial charge on any atom is -0.444 e. The fourth-order valence-corrected chi connectivity index (χ4v) is 2.79. The maximum Gasteiger partial charge on any atom is 0.410 e. The van der Waals surface area contributed by atoms with Gasteiger partial charge in [0.1, 0.15) is 6.10 Å². The van der Waals surface area contributed by atoms with Crippen molar-refractivity contribution in [3.63, 3.8) is 0 Å². The third-order valence-corrected chi connectivity index (χ3v) is 3.71. The molecule has 2 aliphatic rings. The summed E-state index contributed by atoms with van der Waals surface area (Å²) >= 11 is 0. The van der Waals surface area contributed by atoms with Gasteiger partial charge < -0.3 is 10.1 Å². The van der Waals surface area contributed by atoms with E-state index in [1.54, 1.807) is 0 Å². The lowest BCUT2D eigenvalue weighted by molar-refractivity contribution is 0.117. The molecule has 2 unspecified atom stereocenters. The van der Waals surface area contributed by atoms with Gasteiger partial charge in [-0.3, -0.25) is 4.90 Å². The normalized spacial score (nSPS) is 26.9. The van der Waals surface area contributed by atoms with E-state index >= 15 is 0 Å². The van der Waals surface area contributed by atoms with Gasteiger partial charge in [0.15, 0.2) is 0 Å². The first-order chi connectivity index (χ1) is 8.74. The Balaban J connectivity index is 1.77. The van der Waals surface area contributed by atoms with E-state index in [2.05, 4.69) is 30.4 Å². The Morgan fingerprint density at radius 3 is 3.22 bits per heavy atom. The minimum atomic E-state index is -0.171. The fraction of sp³-hybridized carbons (Fsp3) is 0.500. The van der Waals surface area contributed by atoms with Crippen molar-refractivity contribution in [2.24, 2.45) is 0 Å². The second-order valence-corrected chi connectivity index (χ2v) is 5.10. The molecule has 0 aliphatic carbocycles. The number of aryl methyl sites for hydroxylation is 1. The third-order valence-electron chi connectivity index (χ3n) is 3.71. The predicted octanol–water partition coefficient (Wildman–Crippen LogP) is 1.68. The number of rotatable bonds is 2. The Kier molecular flexibility index (Phi) is 2.96. The summed E-state index contributed by atoms with van der Waals surface area (Å²) in [5.41, 5.74) is 2.39. The highest BCUT2D eigenvalue weighted by molar-refractivity contribution is 5.71. The second kappa shape index (κ2) is 4.61. The zero-order valence-electron chi connectivity index (χ0n) is 10.6. The first kappa shape index (κ1) is 11.5. The Morgan fingerprint density at radius 2 is 2.39 bits per heavy atom. The van der Waals surface area contributed by atoms with Crippen molar-refractivity contribution in [3.8, 4) is 0 Å². The van der Waals surface area contributed by atoms with Crippen LogP contribution in [0.5, 0.6) is 0 Å². The quantitative estimate of drug-likeness (QED) is 0.863. The van der Waals surface area contributed by atoms with Crippen molar-refractivity contribution in [2.75, 3.05) is 13.1 Å². The average molecular weight is 246 g/mol. The molecule has 1 N–H and O–H groups in total. The molecule has 2 heterocycles. The van der Waals surface area contributed by atoms with Crippen LogP contribution in [0.4, 0.5) is 4.79 Å². The Labute approximate surface area is 107 Å². The zero-order valence-corrected chi connectivity index (χ0v) is 10.6. The van der Waals surface area contributed by atoms with Crippen LogP contribution in [0.25, 0.3) is 0 Å². The van der Waals surface area contributed by atoms with E-state index in [4.69, 9.17) is 4.74 Å². The van der Waals surface area contributed by atoms with E-state index in [1.165, 1.54) is 5.56 Å². The van der Waals surface area contributed by atoms with Gasteiger partial charge in [0.25, 0.3) is 0 Å². The molecule has 96 valence electrons. The predicted molar refractivity (Wildman–Crippen MR) is 68.3 cm³/mol. The topological polar surface area (TPSA) is 41.6 Å². The first-order valence-corrected chi connectivity index (χ1v) is 6.47. The number of amides is 1. The summed E-state index contributed by atoms with van der Waals surface area (Å²) in [6.45, 7) is 4.48. The SMILES string of the molecule is Cc1cccc(CN2C(=O)OC3CCNCC32)c1. The van der Waals surface area contributed by atoms with Gasteiger partial charge in [-0.05, 0) is 25.5 Å². The molecule has 0 aromatic heterocycles. The standard InChI is InChI=1S/C14H18N2O2/c1-10-3-2-4-11(7-10)9-16-12-8-15-6-5-13(12)18-14(16)17/h2-4,7,12-13,15H,5-6,8-9H2,1H3. The molecular formula is C14H18N2O2. The number of nitrogens with zero attached hydrogens (tertiary/aromatic N) is 1. The smallest absolute Gasteiger partial charge is 0.410 e. The molecule has 2 atom stereocenters. The van der Waals surface area contributed by atoms with Crippen molar-refractivity contribution < 1.29 is 9.53 Å². The van der Waals surface area contributed by atoms with Crippen LogP contribution < -0.4 is 5.32 Å². The number of piperidine rings is 1. The maximum absolute atomic E-state index is 11.9. The highest BCUT2D eigenvalue weighted by atomic mass is 16.6. The number of hydrogen-bond acceptors (Lipinski definition) is 3. The first-order valence-electron chi connectivity index (χ1n) is 6.47. The summed E-state index contributed by atoms with van der Waals surface area (Å²) in [7, 11) is 0. The molecule has 4 heteroatoms. The lowest BCUT2D eigenvalue weighted by atomic mass is 10.0. The number of fused-ring (bicyclic) bond motifs is 1. The molecule has 0 spiro atoms. The van der Waals surface area contributed by atoms with E-state index in [0.717, 1.165) is 25.1 Å². The van der Waals surface area contributed by atoms with E-state index < -0.39 is 0 Å². The number of nitrogens with one attached hydrogen (secondary N) is 1. The molecule has 3 rings (SSSR count). The van der Waals surface area contributed by atoms with Gasteiger partial charge in [-0.15, -0.1) is 0 Å². The van der Waals surface area contributed by atoms with Gasteiger partial charge in [-0.25, -0.2) is 4.79 Å². The molecular weight excluding hydrogens is 228 g/mol. The van der Waals surface area contributed by atoms with Gasteiger partial charge in [0.05, 0.1) is 6.04 Å². The summed E-state index contributed by atoms with van der Waals surface area (Å²) in [6, 6.07) is 8.46. The van der Waals surface area contributed by atoms with Crippen molar-refractivity contribution >= 4 is 6.09 Å². The van der Waals surface area contributed by atoms with Crippen LogP contribution in [0.15, 0.2) is 24.3 Å². The van der Waals surface area contributed by atoms with Crippen LogP contribution in [-0.2, 0) is 11.3 Å². The number of carbonyl (C=O) groups is 1. The number of hydrogen-bond donors (Lipinski definition) is 1. The monoisotopic (exact) mass is 246 g/mol. The number of benzene rings is 1. The fourth-order valence-electron chi connectivity index (χ4n) is 2.79. The average Bonchev–Trinajstić information content (AvgIpc) is 2.66. The molecule has 2 fully saturated rings. The molecule has 1 aromatic carbocycles. The molecule has 0 saturated carbocycles. The highest BCUT2D eigenvalue weighted by Crippen LogP contribution is 2.25. The molecule has 4 nitrogen and oxygen atoms in total. The lowest BCUT2D eigenvalue weighted by Crippen LogP contribution is -2.48. The summed E-state index contributed by atoms with van der Waals surface area (Å²) in [5, 5.41) is 3.33. The van der Waals surface area contributed by atoms with Crippen molar-refractivity contribution in [1.29, 1.82) is 0 Å². The van der Waals surface area contributed by atoms with E-state index in [1.807, 2.05) is 11.0 Å². The van der Waals surface area contributed by atoms with Crippen LogP contribution >= 0.6 is 0 Å². The lowest BCUT2D eigenvalue weighted by Gasteiger charge is -2.28. The van der Waals surface area contributed by atoms with Gasteiger partial charge >= 0.3 is 6.09 Å². The third kappa shape index (κ3) is 2.08. The van der Waals surface area contributed by atoms with Gasteiger partial charge in [-0.1, -0.05) is 29.8 Å². The summed E-state index contributed by atoms with van der Waals surface area (Å²) in [4.78, 5) is 13.8. The zero-order chi connectivity index (χ0) is 12.5. The van der Waals surface area contributed by atoms with Gasteiger partial charge in [-0.2, -0.15) is 0 Å². The number of carbonyl (C=O) groups excluding carboxylic acids is 1. The van der Waals surface area contributed by atoms with Crippen LogP contribution in [0, 0.1) is 6.92 Å². The van der Waals surface area contributed by atoms with Crippen LogP contribution in [0.2, 0.25) is 0 Å². The molecule has 18 heavy (non-hydrogen) atoms. The number of ether oxygens (including phenoxy) is 1. The molecule has 2 aliphatic heterocycles. The van der Waals surface area contributed by atoms with E-state index in [-0.39, 0.29) is 18.2 Å². The second-order valence-electron chi connectivity index (χ2n) is 5.10. The maximum atomic E-state index is 11.9. The molecule has 1 aromatic rings.